The van der Waals surface area contributed by atoms with Crippen molar-refractivity contribution in [3.05, 3.63) is 35.1 Å². The van der Waals surface area contributed by atoms with Gasteiger partial charge in [0.15, 0.2) is 0 Å². The van der Waals surface area contributed by atoms with Gasteiger partial charge < -0.3 is 15.3 Å². The first-order valence-corrected chi connectivity index (χ1v) is 6.57. The van der Waals surface area contributed by atoms with Gasteiger partial charge in [0, 0.05) is 13.1 Å². The number of hydrogen-bond donors (Lipinski definition) is 2. The van der Waals surface area contributed by atoms with Crippen LogP contribution in [-0.4, -0.2) is 46.9 Å². The molecule has 0 aliphatic carbocycles. The quantitative estimate of drug-likeness (QED) is 0.866. The van der Waals surface area contributed by atoms with Gasteiger partial charge in [-0.15, -0.1) is 0 Å². The van der Waals surface area contributed by atoms with Crippen LogP contribution in [0.2, 0.25) is 0 Å². The first-order chi connectivity index (χ1) is 9.95. The van der Waals surface area contributed by atoms with Gasteiger partial charge in [0.1, 0.15) is 11.9 Å². The molecule has 112 valence electrons. The van der Waals surface area contributed by atoms with E-state index in [1.54, 1.807) is 6.92 Å². The molecule has 6 nitrogen and oxygen atoms in total. The maximum Gasteiger partial charge on any atom is 0.335 e. The van der Waals surface area contributed by atoms with E-state index in [9.17, 15) is 18.8 Å². The summed E-state index contributed by atoms with van der Waals surface area (Å²) in [5, 5.41) is 11.4. The van der Waals surface area contributed by atoms with E-state index in [1.807, 2.05) is 0 Å². The highest BCUT2D eigenvalue weighted by Gasteiger charge is 2.33. The third kappa shape index (κ3) is 2.86. The molecule has 1 fully saturated rings. The molecule has 0 radical (unpaired) electrons. The van der Waals surface area contributed by atoms with Gasteiger partial charge in [-0.25, -0.2) is 9.18 Å². The molecule has 1 atom stereocenters. The molecule has 0 aromatic heterocycles. The van der Waals surface area contributed by atoms with Gasteiger partial charge in [0.25, 0.3) is 5.91 Å². The lowest BCUT2D eigenvalue weighted by Crippen LogP contribution is -2.57. The van der Waals surface area contributed by atoms with E-state index in [0.717, 1.165) is 12.1 Å². The number of benzene rings is 1. The summed E-state index contributed by atoms with van der Waals surface area (Å²) in [5.41, 5.74) is -0.458. The SMILES string of the molecule is CCC1C(=O)NCCN1C(=O)c1ccc(C(=O)O)cc1F. The number of nitrogens with one attached hydrogen (secondary N) is 1. The molecular formula is C14H15FN2O4. The van der Waals surface area contributed by atoms with E-state index < -0.39 is 23.7 Å². The molecule has 1 saturated heterocycles. The van der Waals surface area contributed by atoms with Crippen molar-refractivity contribution in [2.75, 3.05) is 13.1 Å². The number of carbonyl (C=O) groups excluding carboxylic acids is 2. The molecule has 0 spiro atoms. The highest BCUT2D eigenvalue weighted by Crippen LogP contribution is 2.17. The number of halogens is 1. The first kappa shape index (κ1) is 15.0. The summed E-state index contributed by atoms with van der Waals surface area (Å²) in [6.07, 6.45) is 0.423. The molecule has 7 heteroatoms. The zero-order valence-electron chi connectivity index (χ0n) is 11.4. The van der Waals surface area contributed by atoms with Gasteiger partial charge in [0.05, 0.1) is 11.1 Å². The largest absolute Gasteiger partial charge is 0.478 e. The monoisotopic (exact) mass is 294 g/mol. The van der Waals surface area contributed by atoms with Crippen LogP contribution in [0.1, 0.15) is 34.1 Å². The van der Waals surface area contributed by atoms with Crippen LogP contribution in [0, 0.1) is 5.82 Å². The number of nitrogens with zero attached hydrogens (tertiary/aromatic N) is 1. The number of carbonyl (C=O) groups is 3. The van der Waals surface area contributed by atoms with Crippen LogP contribution in [0.4, 0.5) is 4.39 Å². The summed E-state index contributed by atoms with van der Waals surface area (Å²) < 4.78 is 13.9. The van der Waals surface area contributed by atoms with E-state index >= 15 is 0 Å². The molecular weight excluding hydrogens is 279 g/mol. The lowest BCUT2D eigenvalue weighted by atomic mass is 10.1. The number of amides is 2. The van der Waals surface area contributed by atoms with E-state index in [4.69, 9.17) is 5.11 Å². The number of aromatic carboxylic acids is 1. The van der Waals surface area contributed by atoms with Crippen LogP contribution >= 0.6 is 0 Å². The summed E-state index contributed by atoms with van der Waals surface area (Å²) in [6, 6.07) is 2.48. The van der Waals surface area contributed by atoms with Crippen LogP contribution in [0.5, 0.6) is 0 Å². The van der Waals surface area contributed by atoms with Gasteiger partial charge in [-0.05, 0) is 24.6 Å². The molecule has 2 N–H and O–H groups in total. The van der Waals surface area contributed by atoms with Crippen molar-refractivity contribution in [1.82, 2.24) is 10.2 Å². The van der Waals surface area contributed by atoms with Crippen molar-refractivity contribution in [2.24, 2.45) is 0 Å². The summed E-state index contributed by atoms with van der Waals surface area (Å²) >= 11 is 0. The van der Waals surface area contributed by atoms with Crippen LogP contribution in [-0.2, 0) is 4.79 Å². The number of carboxylic acids is 1. The second-order valence-corrected chi connectivity index (χ2v) is 4.71. The van der Waals surface area contributed by atoms with Crippen LogP contribution < -0.4 is 5.32 Å². The van der Waals surface area contributed by atoms with Gasteiger partial charge in [-0.2, -0.15) is 0 Å². The van der Waals surface area contributed by atoms with Crippen LogP contribution in [0.25, 0.3) is 0 Å². The lowest BCUT2D eigenvalue weighted by molar-refractivity contribution is -0.127. The molecule has 1 heterocycles. The van der Waals surface area contributed by atoms with E-state index in [2.05, 4.69) is 5.32 Å². The maximum absolute atomic E-state index is 13.9. The zero-order valence-corrected chi connectivity index (χ0v) is 11.4. The predicted octanol–water partition coefficient (Wildman–Crippen LogP) is 0.875. The van der Waals surface area contributed by atoms with E-state index in [-0.39, 0.29) is 17.0 Å². The van der Waals surface area contributed by atoms with Gasteiger partial charge in [-0.1, -0.05) is 6.92 Å². The molecule has 1 unspecified atom stereocenters. The molecule has 1 aliphatic rings. The normalized spacial score (nSPS) is 18.3. The van der Waals surface area contributed by atoms with Crippen molar-refractivity contribution in [1.29, 1.82) is 0 Å². The van der Waals surface area contributed by atoms with E-state index in [1.165, 1.54) is 11.0 Å². The molecule has 21 heavy (non-hydrogen) atoms. The second kappa shape index (κ2) is 5.90. The average molecular weight is 294 g/mol. The van der Waals surface area contributed by atoms with Crippen molar-refractivity contribution >= 4 is 17.8 Å². The van der Waals surface area contributed by atoms with Crippen LogP contribution in [0.15, 0.2) is 18.2 Å². The Labute approximate surface area is 120 Å². The topological polar surface area (TPSA) is 86.7 Å². The molecule has 2 rings (SSSR count). The smallest absolute Gasteiger partial charge is 0.335 e. The number of hydrogen-bond acceptors (Lipinski definition) is 3. The molecule has 0 bridgehead atoms. The van der Waals surface area contributed by atoms with Gasteiger partial charge in [-0.3, -0.25) is 9.59 Å². The summed E-state index contributed by atoms with van der Waals surface area (Å²) in [5.74, 6) is -3.04. The minimum absolute atomic E-state index is 0.229. The number of carboxylic acid groups (broad SMARTS) is 1. The molecule has 1 aliphatic heterocycles. The fraction of sp³-hybridized carbons (Fsp3) is 0.357. The summed E-state index contributed by atoms with van der Waals surface area (Å²) in [7, 11) is 0. The van der Waals surface area contributed by atoms with Crippen LogP contribution in [0.3, 0.4) is 0 Å². The molecule has 0 saturated carbocycles. The summed E-state index contributed by atoms with van der Waals surface area (Å²) in [6.45, 7) is 2.37. The summed E-state index contributed by atoms with van der Waals surface area (Å²) in [4.78, 5) is 36.2. The van der Waals surface area contributed by atoms with Gasteiger partial charge in [0.2, 0.25) is 5.91 Å². The highest BCUT2D eigenvalue weighted by molar-refractivity contribution is 5.99. The zero-order chi connectivity index (χ0) is 15.6. The van der Waals surface area contributed by atoms with Crippen molar-refractivity contribution in [3.8, 4) is 0 Å². The Bertz CT molecular complexity index is 603. The third-order valence-electron chi connectivity index (χ3n) is 3.42. The Morgan fingerprint density at radius 3 is 2.76 bits per heavy atom. The highest BCUT2D eigenvalue weighted by atomic mass is 19.1. The Balaban J connectivity index is 2.31. The predicted molar refractivity (Wildman–Crippen MR) is 71.5 cm³/mol. The van der Waals surface area contributed by atoms with Crippen molar-refractivity contribution in [3.63, 3.8) is 0 Å². The average Bonchev–Trinajstić information content (AvgIpc) is 2.46. The Morgan fingerprint density at radius 1 is 1.48 bits per heavy atom. The van der Waals surface area contributed by atoms with Crippen molar-refractivity contribution in [2.45, 2.75) is 19.4 Å². The molecule has 1 aromatic carbocycles. The Kier molecular flexibility index (Phi) is 4.21. The standard InChI is InChI=1S/C14H15FN2O4/c1-2-11-12(18)16-5-6-17(11)13(19)9-4-3-8(14(20)21)7-10(9)15/h3-4,7,11H,2,5-6H2,1H3,(H,16,18)(H,20,21). The minimum Gasteiger partial charge on any atom is -0.478 e. The number of rotatable bonds is 3. The van der Waals surface area contributed by atoms with Gasteiger partial charge >= 0.3 is 5.97 Å². The Morgan fingerprint density at radius 2 is 2.19 bits per heavy atom. The Hall–Kier alpha value is -2.44. The maximum atomic E-state index is 13.9. The fourth-order valence-corrected chi connectivity index (χ4v) is 2.34. The van der Waals surface area contributed by atoms with Crippen molar-refractivity contribution < 1.29 is 23.9 Å². The van der Waals surface area contributed by atoms with E-state index in [0.29, 0.717) is 19.5 Å². The minimum atomic E-state index is -1.27. The fourth-order valence-electron chi connectivity index (χ4n) is 2.34. The lowest BCUT2D eigenvalue weighted by Gasteiger charge is -2.34. The molecule has 1 aromatic rings. The first-order valence-electron chi connectivity index (χ1n) is 6.57. The molecule has 2 amide bonds. The third-order valence-corrected chi connectivity index (χ3v) is 3.42. The number of piperazine rings is 1. The second-order valence-electron chi connectivity index (χ2n) is 4.71.